The number of phenols is 2. The third-order valence-electron chi connectivity index (χ3n) is 2.03. The van der Waals surface area contributed by atoms with Crippen LogP contribution in [0.15, 0.2) is 18.2 Å². The summed E-state index contributed by atoms with van der Waals surface area (Å²) in [7, 11) is 0. The van der Waals surface area contributed by atoms with E-state index in [0.29, 0.717) is 0 Å². The van der Waals surface area contributed by atoms with Gasteiger partial charge in [-0.15, -0.1) is 0 Å². The molecule has 0 unspecified atom stereocenters. The van der Waals surface area contributed by atoms with Crippen molar-refractivity contribution < 1.29 is 10.2 Å². The molecule has 3 N–H and O–H groups in total. The van der Waals surface area contributed by atoms with Crippen molar-refractivity contribution in [2.45, 2.75) is 13.8 Å². The SMILES string of the molecule is CCN(CC)Nc1ccc(O)c(O)c1. The molecule has 78 valence electrons. The Labute approximate surface area is 83.8 Å². The maximum atomic E-state index is 9.25. The second-order valence-electron chi connectivity index (χ2n) is 2.99. The van der Waals surface area contributed by atoms with Gasteiger partial charge in [0.25, 0.3) is 0 Å². The smallest absolute Gasteiger partial charge is 0.159 e. The van der Waals surface area contributed by atoms with Gasteiger partial charge in [0.15, 0.2) is 11.5 Å². The molecule has 4 heteroatoms. The second kappa shape index (κ2) is 4.72. The first-order valence-corrected chi connectivity index (χ1v) is 4.71. The van der Waals surface area contributed by atoms with Gasteiger partial charge in [-0.1, -0.05) is 13.8 Å². The summed E-state index contributed by atoms with van der Waals surface area (Å²) in [5, 5.41) is 20.3. The predicted octanol–water partition coefficient (Wildman–Crippen LogP) is 1.77. The fourth-order valence-electron chi connectivity index (χ4n) is 1.16. The van der Waals surface area contributed by atoms with E-state index >= 15 is 0 Å². The van der Waals surface area contributed by atoms with Gasteiger partial charge in [-0.25, -0.2) is 5.01 Å². The zero-order chi connectivity index (χ0) is 10.6. The Bertz CT molecular complexity index is 298. The molecule has 0 atom stereocenters. The van der Waals surface area contributed by atoms with Crippen LogP contribution in [0.1, 0.15) is 13.8 Å². The van der Waals surface area contributed by atoms with Crippen molar-refractivity contribution >= 4 is 5.69 Å². The van der Waals surface area contributed by atoms with E-state index in [1.807, 2.05) is 18.9 Å². The molecule has 0 fully saturated rings. The summed E-state index contributed by atoms with van der Waals surface area (Å²) >= 11 is 0. The van der Waals surface area contributed by atoms with E-state index in [2.05, 4.69) is 5.43 Å². The summed E-state index contributed by atoms with van der Waals surface area (Å²) in [6.45, 7) is 5.82. The van der Waals surface area contributed by atoms with Gasteiger partial charge in [0.2, 0.25) is 0 Å². The highest BCUT2D eigenvalue weighted by atomic mass is 16.3. The third kappa shape index (κ3) is 2.53. The van der Waals surface area contributed by atoms with Crippen molar-refractivity contribution in [3.8, 4) is 11.5 Å². The summed E-state index contributed by atoms with van der Waals surface area (Å²) in [6, 6.07) is 4.67. The highest BCUT2D eigenvalue weighted by Gasteiger charge is 2.02. The molecule has 0 amide bonds. The summed E-state index contributed by atoms with van der Waals surface area (Å²) in [5.41, 5.74) is 3.88. The number of hydrogen-bond donors (Lipinski definition) is 3. The van der Waals surface area contributed by atoms with Crippen molar-refractivity contribution in [2.24, 2.45) is 0 Å². The van der Waals surface area contributed by atoms with Crippen LogP contribution in [0, 0.1) is 0 Å². The molecule has 1 aromatic rings. The molecule has 1 rings (SSSR count). The summed E-state index contributed by atoms with van der Waals surface area (Å²) in [4.78, 5) is 0. The Balaban J connectivity index is 2.72. The molecule has 0 heterocycles. The quantitative estimate of drug-likeness (QED) is 0.390. The molecule has 0 aromatic heterocycles. The van der Waals surface area contributed by atoms with Crippen molar-refractivity contribution in [1.29, 1.82) is 0 Å². The van der Waals surface area contributed by atoms with Crippen LogP contribution in [-0.2, 0) is 0 Å². The number of rotatable bonds is 4. The van der Waals surface area contributed by atoms with Crippen molar-refractivity contribution in [1.82, 2.24) is 5.01 Å². The van der Waals surface area contributed by atoms with Gasteiger partial charge in [0.05, 0.1) is 5.69 Å². The molecular weight excluding hydrogens is 180 g/mol. The molecule has 1 aromatic carbocycles. The van der Waals surface area contributed by atoms with E-state index in [1.54, 1.807) is 6.07 Å². The first-order chi connectivity index (χ1) is 6.67. The molecule has 0 saturated heterocycles. The molecule has 0 bridgehead atoms. The lowest BCUT2D eigenvalue weighted by atomic mass is 10.3. The van der Waals surface area contributed by atoms with E-state index < -0.39 is 0 Å². The molecule has 0 saturated carbocycles. The lowest BCUT2D eigenvalue weighted by molar-refractivity contribution is 0.366. The van der Waals surface area contributed by atoms with Gasteiger partial charge in [-0.05, 0) is 12.1 Å². The van der Waals surface area contributed by atoms with Gasteiger partial charge < -0.3 is 15.6 Å². The molecule has 0 aliphatic heterocycles. The minimum absolute atomic E-state index is 0.102. The van der Waals surface area contributed by atoms with Crippen LogP contribution in [0.3, 0.4) is 0 Å². The van der Waals surface area contributed by atoms with Crippen LogP contribution in [0.4, 0.5) is 5.69 Å². The molecule has 4 nitrogen and oxygen atoms in total. The highest BCUT2D eigenvalue weighted by Crippen LogP contribution is 2.27. The maximum Gasteiger partial charge on any atom is 0.159 e. The number of benzene rings is 1. The van der Waals surface area contributed by atoms with Crippen LogP contribution in [0.5, 0.6) is 11.5 Å². The van der Waals surface area contributed by atoms with Gasteiger partial charge in [0.1, 0.15) is 0 Å². The lowest BCUT2D eigenvalue weighted by Gasteiger charge is -2.20. The number of nitrogens with zero attached hydrogens (tertiary/aromatic N) is 1. The number of phenolic OH excluding ortho intramolecular Hbond substituents is 2. The Hall–Kier alpha value is -1.42. The van der Waals surface area contributed by atoms with Crippen molar-refractivity contribution in [3.63, 3.8) is 0 Å². The number of hydrogen-bond acceptors (Lipinski definition) is 4. The topological polar surface area (TPSA) is 55.7 Å². The summed E-state index contributed by atoms with van der Waals surface area (Å²) in [6.07, 6.45) is 0. The van der Waals surface area contributed by atoms with Crippen LogP contribution in [-0.4, -0.2) is 28.3 Å². The van der Waals surface area contributed by atoms with Crippen LogP contribution < -0.4 is 5.43 Å². The summed E-state index contributed by atoms with van der Waals surface area (Å²) in [5.74, 6) is -0.211. The fraction of sp³-hybridized carbons (Fsp3) is 0.400. The van der Waals surface area contributed by atoms with Gasteiger partial charge in [0, 0.05) is 19.2 Å². The average molecular weight is 196 g/mol. The number of aromatic hydroxyl groups is 2. The largest absolute Gasteiger partial charge is 0.504 e. The van der Waals surface area contributed by atoms with Crippen molar-refractivity contribution in [2.75, 3.05) is 18.5 Å². The summed E-state index contributed by atoms with van der Waals surface area (Å²) < 4.78 is 0. The Kier molecular flexibility index (Phi) is 3.59. The molecule has 14 heavy (non-hydrogen) atoms. The van der Waals surface area contributed by atoms with Crippen LogP contribution in [0.2, 0.25) is 0 Å². The Morgan fingerprint density at radius 1 is 1.14 bits per heavy atom. The first kappa shape index (κ1) is 10.7. The number of anilines is 1. The maximum absolute atomic E-state index is 9.25. The second-order valence-corrected chi connectivity index (χ2v) is 2.99. The fourth-order valence-corrected chi connectivity index (χ4v) is 1.16. The Morgan fingerprint density at radius 3 is 2.29 bits per heavy atom. The average Bonchev–Trinajstić information content (AvgIpc) is 2.19. The minimum atomic E-state index is -0.109. The van der Waals surface area contributed by atoms with E-state index in [9.17, 15) is 5.11 Å². The van der Waals surface area contributed by atoms with Crippen molar-refractivity contribution in [3.05, 3.63) is 18.2 Å². The van der Waals surface area contributed by atoms with Crippen LogP contribution >= 0.6 is 0 Å². The molecular formula is C10H16N2O2. The standard InChI is InChI=1S/C10H16N2O2/c1-3-12(4-2)11-8-5-6-9(13)10(14)7-8/h5-7,11,13-14H,3-4H2,1-2H3. The number of hydrazine groups is 1. The minimum Gasteiger partial charge on any atom is -0.504 e. The van der Waals surface area contributed by atoms with E-state index in [-0.39, 0.29) is 11.5 Å². The monoisotopic (exact) mass is 196 g/mol. The predicted molar refractivity (Wildman–Crippen MR) is 56.3 cm³/mol. The van der Waals surface area contributed by atoms with Gasteiger partial charge >= 0.3 is 0 Å². The molecule has 0 radical (unpaired) electrons. The zero-order valence-electron chi connectivity index (χ0n) is 8.49. The van der Waals surface area contributed by atoms with Crippen LogP contribution in [0.25, 0.3) is 0 Å². The first-order valence-electron chi connectivity index (χ1n) is 4.71. The van der Waals surface area contributed by atoms with Gasteiger partial charge in [-0.3, -0.25) is 0 Å². The normalized spacial score (nSPS) is 10.5. The molecule has 0 aliphatic carbocycles. The van der Waals surface area contributed by atoms with E-state index in [4.69, 9.17) is 5.11 Å². The number of nitrogens with one attached hydrogen (secondary N) is 1. The third-order valence-corrected chi connectivity index (χ3v) is 2.03. The Morgan fingerprint density at radius 2 is 1.79 bits per heavy atom. The molecule has 0 spiro atoms. The highest BCUT2D eigenvalue weighted by molar-refractivity contribution is 5.52. The van der Waals surface area contributed by atoms with Gasteiger partial charge in [-0.2, -0.15) is 0 Å². The lowest BCUT2D eigenvalue weighted by Crippen LogP contribution is -2.29. The van der Waals surface area contributed by atoms with E-state index in [1.165, 1.54) is 12.1 Å². The molecule has 0 aliphatic rings. The zero-order valence-corrected chi connectivity index (χ0v) is 8.49. The van der Waals surface area contributed by atoms with E-state index in [0.717, 1.165) is 18.8 Å².